The van der Waals surface area contributed by atoms with E-state index in [1.54, 1.807) is 7.11 Å². The van der Waals surface area contributed by atoms with Crippen LogP contribution in [0.2, 0.25) is 0 Å². The highest BCUT2D eigenvalue weighted by atomic mass is 32.1. The van der Waals surface area contributed by atoms with E-state index in [9.17, 15) is 0 Å². The topological polar surface area (TPSA) is 47.0 Å². The maximum absolute atomic E-state index is 5.38. The summed E-state index contributed by atoms with van der Waals surface area (Å²) >= 11 is 1.38. The van der Waals surface area contributed by atoms with E-state index >= 15 is 0 Å². The summed E-state index contributed by atoms with van der Waals surface area (Å²) in [5.41, 5.74) is 2.17. The van der Waals surface area contributed by atoms with Crippen molar-refractivity contribution in [3.63, 3.8) is 0 Å². The average Bonchev–Trinajstić information content (AvgIpc) is 2.92. The summed E-state index contributed by atoms with van der Waals surface area (Å²) in [6.07, 6.45) is 0.850. The molecule has 2 aromatic rings. The lowest BCUT2D eigenvalue weighted by Crippen LogP contribution is -2.23. The van der Waals surface area contributed by atoms with Gasteiger partial charge in [-0.2, -0.15) is 0 Å². The molecular formula is C13H17N3OS. The third-order valence-corrected chi connectivity index (χ3v) is 3.32. The van der Waals surface area contributed by atoms with Crippen LogP contribution in [-0.2, 0) is 6.42 Å². The molecule has 0 aliphatic heterocycles. The van der Waals surface area contributed by atoms with Gasteiger partial charge in [0.15, 0.2) is 0 Å². The summed E-state index contributed by atoms with van der Waals surface area (Å²) < 4.78 is 9.31. The molecule has 0 aliphatic rings. The SMILES string of the molecule is CCNC(Cc1ccccc1OC)c1csnn1. The first kappa shape index (κ1) is 13.0. The number of methoxy groups -OCH3 is 1. The number of benzene rings is 1. The minimum absolute atomic E-state index is 0.185. The van der Waals surface area contributed by atoms with Gasteiger partial charge in [-0.05, 0) is 36.1 Å². The van der Waals surface area contributed by atoms with Gasteiger partial charge in [-0.3, -0.25) is 0 Å². The standard InChI is InChI=1S/C13H17N3OS/c1-3-14-11(12-9-18-16-15-12)8-10-6-4-5-7-13(10)17-2/h4-7,9,11,14H,3,8H2,1-2H3. The Kier molecular flexibility index (Phi) is 4.66. The summed E-state index contributed by atoms with van der Waals surface area (Å²) in [7, 11) is 1.70. The zero-order valence-electron chi connectivity index (χ0n) is 10.6. The minimum Gasteiger partial charge on any atom is -0.496 e. The van der Waals surface area contributed by atoms with Crippen LogP contribution in [0.25, 0.3) is 0 Å². The summed E-state index contributed by atoms with van der Waals surface area (Å²) in [5, 5.41) is 9.57. The Hall–Kier alpha value is -1.46. The molecule has 5 heteroatoms. The Bertz CT molecular complexity index is 473. The van der Waals surface area contributed by atoms with E-state index in [2.05, 4.69) is 27.9 Å². The van der Waals surface area contributed by atoms with Crippen LogP contribution < -0.4 is 10.1 Å². The van der Waals surface area contributed by atoms with Gasteiger partial charge in [-0.25, -0.2) is 0 Å². The predicted octanol–water partition coefficient (Wildman–Crippen LogP) is 2.44. The molecule has 1 N–H and O–H groups in total. The first-order valence-corrected chi connectivity index (χ1v) is 6.81. The van der Waals surface area contributed by atoms with Gasteiger partial charge >= 0.3 is 0 Å². The fourth-order valence-electron chi connectivity index (χ4n) is 1.94. The molecule has 0 amide bonds. The number of rotatable bonds is 6. The normalized spacial score (nSPS) is 12.3. The third-order valence-electron chi connectivity index (χ3n) is 2.80. The highest BCUT2D eigenvalue weighted by molar-refractivity contribution is 7.03. The van der Waals surface area contributed by atoms with Crippen molar-refractivity contribution in [1.82, 2.24) is 14.9 Å². The maximum atomic E-state index is 5.38. The van der Waals surface area contributed by atoms with Gasteiger partial charge in [0.25, 0.3) is 0 Å². The van der Waals surface area contributed by atoms with Crippen LogP contribution in [0.4, 0.5) is 0 Å². The van der Waals surface area contributed by atoms with Crippen molar-refractivity contribution in [2.45, 2.75) is 19.4 Å². The van der Waals surface area contributed by atoms with Crippen molar-refractivity contribution in [3.8, 4) is 5.75 Å². The molecule has 0 bridgehead atoms. The van der Waals surface area contributed by atoms with Crippen LogP contribution in [0.3, 0.4) is 0 Å². The number of likely N-dealkylation sites (N-methyl/N-ethyl adjacent to an activating group) is 1. The maximum Gasteiger partial charge on any atom is 0.122 e. The number of aromatic nitrogens is 2. The molecule has 0 radical (unpaired) electrons. The number of para-hydroxylation sites is 1. The molecule has 1 heterocycles. The number of hydrogen-bond acceptors (Lipinski definition) is 5. The van der Waals surface area contributed by atoms with Gasteiger partial charge in [-0.15, -0.1) is 5.10 Å². The first-order chi connectivity index (χ1) is 8.85. The summed E-state index contributed by atoms with van der Waals surface area (Å²) in [5.74, 6) is 0.920. The van der Waals surface area contributed by atoms with E-state index in [4.69, 9.17) is 4.74 Å². The molecule has 1 aromatic carbocycles. The van der Waals surface area contributed by atoms with Gasteiger partial charge < -0.3 is 10.1 Å². The summed E-state index contributed by atoms with van der Waals surface area (Å²) in [6, 6.07) is 8.26. The monoisotopic (exact) mass is 263 g/mol. The van der Waals surface area contributed by atoms with E-state index < -0.39 is 0 Å². The second kappa shape index (κ2) is 6.47. The Morgan fingerprint density at radius 1 is 1.39 bits per heavy atom. The molecule has 0 saturated heterocycles. The Labute approximate surface area is 111 Å². The van der Waals surface area contributed by atoms with E-state index in [0.717, 1.165) is 24.4 Å². The van der Waals surface area contributed by atoms with Crippen LogP contribution in [-0.4, -0.2) is 23.2 Å². The van der Waals surface area contributed by atoms with Crippen molar-refractivity contribution >= 4 is 11.5 Å². The lowest BCUT2D eigenvalue weighted by Gasteiger charge is -2.17. The Balaban J connectivity index is 2.18. The lowest BCUT2D eigenvalue weighted by atomic mass is 10.0. The number of ether oxygens (including phenoxy) is 1. The van der Waals surface area contributed by atoms with E-state index in [0.29, 0.717) is 0 Å². The van der Waals surface area contributed by atoms with Crippen molar-refractivity contribution in [3.05, 3.63) is 40.9 Å². The predicted molar refractivity (Wildman–Crippen MR) is 73.0 cm³/mol. The fourth-order valence-corrected chi connectivity index (χ4v) is 2.45. The van der Waals surface area contributed by atoms with Crippen LogP contribution in [0.1, 0.15) is 24.2 Å². The van der Waals surface area contributed by atoms with Gasteiger partial charge in [0.05, 0.1) is 18.8 Å². The van der Waals surface area contributed by atoms with Crippen molar-refractivity contribution in [2.24, 2.45) is 0 Å². The summed E-state index contributed by atoms with van der Waals surface area (Å²) in [4.78, 5) is 0. The van der Waals surface area contributed by atoms with E-state index in [-0.39, 0.29) is 6.04 Å². The quantitative estimate of drug-likeness (QED) is 0.869. The summed E-state index contributed by atoms with van der Waals surface area (Å²) in [6.45, 7) is 2.99. The van der Waals surface area contributed by atoms with Crippen LogP contribution in [0.5, 0.6) is 5.75 Å². The number of hydrogen-bond donors (Lipinski definition) is 1. The zero-order chi connectivity index (χ0) is 12.8. The van der Waals surface area contributed by atoms with Crippen molar-refractivity contribution in [2.75, 3.05) is 13.7 Å². The van der Waals surface area contributed by atoms with E-state index in [1.165, 1.54) is 17.1 Å². The molecule has 1 atom stereocenters. The Morgan fingerprint density at radius 2 is 2.22 bits per heavy atom. The molecule has 18 heavy (non-hydrogen) atoms. The molecule has 96 valence electrons. The van der Waals surface area contributed by atoms with Crippen molar-refractivity contribution < 1.29 is 4.74 Å². The Morgan fingerprint density at radius 3 is 2.89 bits per heavy atom. The molecular weight excluding hydrogens is 246 g/mol. The molecule has 1 aromatic heterocycles. The van der Waals surface area contributed by atoms with Crippen LogP contribution in [0, 0.1) is 0 Å². The number of nitrogens with one attached hydrogen (secondary N) is 1. The highest BCUT2D eigenvalue weighted by Gasteiger charge is 2.15. The van der Waals surface area contributed by atoms with Crippen LogP contribution in [0.15, 0.2) is 29.6 Å². The molecule has 1 unspecified atom stereocenters. The van der Waals surface area contributed by atoms with Gasteiger partial charge in [-0.1, -0.05) is 29.6 Å². The first-order valence-electron chi connectivity index (χ1n) is 5.97. The minimum atomic E-state index is 0.185. The second-order valence-corrected chi connectivity index (χ2v) is 4.57. The fraction of sp³-hybridized carbons (Fsp3) is 0.385. The van der Waals surface area contributed by atoms with Gasteiger partial charge in [0.2, 0.25) is 0 Å². The third kappa shape index (κ3) is 3.05. The molecule has 0 fully saturated rings. The lowest BCUT2D eigenvalue weighted by molar-refractivity contribution is 0.405. The van der Waals surface area contributed by atoms with Gasteiger partial charge in [0, 0.05) is 5.38 Å². The largest absolute Gasteiger partial charge is 0.496 e. The van der Waals surface area contributed by atoms with E-state index in [1.807, 2.05) is 23.6 Å². The van der Waals surface area contributed by atoms with Crippen LogP contribution >= 0.6 is 11.5 Å². The number of nitrogens with zero attached hydrogens (tertiary/aromatic N) is 2. The molecule has 0 spiro atoms. The zero-order valence-corrected chi connectivity index (χ0v) is 11.4. The molecule has 0 saturated carbocycles. The second-order valence-electron chi connectivity index (χ2n) is 3.96. The molecule has 2 rings (SSSR count). The highest BCUT2D eigenvalue weighted by Crippen LogP contribution is 2.24. The van der Waals surface area contributed by atoms with Crippen molar-refractivity contribution in [1.29, 1.82) is 0 Å². The smallest absolute Gasteiger partial charge is 0.122 e. The average molecular weight is 263 g/mol. The molecule has 0 aliphatic carbocycles. The van der Waals surface area contributed by atoms with Gasteiger partial charge in [0.1, 0.15) is 5.75 Å². The molecule has 4 nitrogen and oxygen atoms in total.